The van der Waals surface area contributed by atoms with Gasteiger partial charge >= 0.3 is 0 Å². The maximum absolute atomic E-state index is 8.49. The molecule has 1 N–H and O–H groups in total. The average molecular weight is 175 g/mol. The third-order valence-electron chi connectivity index (χ3n) is 1.37. The Labute approximate surface area is 79.9 Å². The molecule has 0 radical (unpaired) electrons. The summed E-state index contributed by atoms with van der Waals surface area (Å²) in [5.74, 6) is 7.62. The van der Waals surface area contributed by atoms with E-state index in [4.69, 9.17) is 18.0 Å². The molecule has 0 aromatic heterocycles. The van der Waals surface area contributed by atoms with Gasteiger partial charge in [-0.25, -0.2) is 0 Å². The van der Waals surface area contributed by atoms with Crippen molar-refractivity contribution in [1.82, 2.24) is 4.90 Å². The second kappa shape index (κ2) is 8.54. The van der Waals surface area contributed by atoms with E-state index in [0.717, 1.165) is 0 Å². The molecule has 0 rings (SSSR count). The molecule has 0 heterocycles. The number of terminal acetylenes is 2. The molecule has 0 unspecified atom stereocenters. The van der Waals surface area contributed by atoms with E-state index in [-0.39, 0.29) is 6.61 Å². The molecule has 68 valence electrons. The van der Waals surface area contributed by atoms with Gasteiger partial charge in [0.25, 0.3) is 0 Å². The van der Waals surface area contributed by atoms with E-state index in [1.165, 1.54) is 0 Å². The number of hydrogen-bond donors (Lipinski definition) is 1. The number of rotatable bonds is 4. The first-order valence-corrected chi connectivity index (χ1v) is 4.06. The highest BCUT2D eigenvalue weighted by Gasteiger charge is 1.95. The molecule has 0 aromatic rings. The SMILES string of the molecule is C#CCCN(C#CCO)CCC#C. The second-order valence-corrected chi connectivity index (χ2v) is 2.34. The summed E-state index contributed by atoms with van der Waals surface area (Å²) in [4.78, 5) is 1.83. The molecule has 0 aliphatic rings. The van der Waals surface area contributed by atoms with Crippen LogP contribution in [0.5, 0.6) is 0 Å². The van der Waals surface area contributed by atoms with E-state index in [1.54, 1.807) is 0 Å². The van der Waals surface area contributed by atoms with Crippen LogP contribution in [-0.4, -0.2) is 29.7 Å². The highest BCUT2D eigenvalue weighted by atomic mass is 16.2. The van der Waals surface area contributed by atoms with Crippen LogP contribution in [0.25, 0.3) is 0 Å². The molecule has 13 heavy (non-hydrogen) atoms. The molecule has 0 aromatic carbocycles. The molecule has 2 heteroatoms. The van der Waals surface area contributed by atoms with E-state index < -0.39 is 0 Å². The summed E-state index contributed by atoms with van der Waals surface area (Å²) >= 11 is 0. The van der Waals surface area contributed by atoms with Gasteiger partial charge in [-0.15, -0.1) is 24.7 Å². The van der Waals surface area contributed by atoms with Gasteiger partial charge in [-0.05, 0) is 0 Å². The van der Waals surface area contributed by atoms with Crippen LogP contribution in [0.1, 0.15) is 12.8 Å². The monoisotopic (exact) mass is 175 g/mol. The zero-order valence-electron chi connectivity index (χ0n) is 7.58. The van der Waals surface area contributed by atoms with Crippen LogP contribution in [0.15, 0.2) is 0 Å². The first-order valence-electron chi connectivity index (χ1n) is 4.06. The van der Waals surface area contributed by atoms with Crippen molar-refractivity contribution in [1.29, 1.82) is 0 Å². The quantitative estimate of drug-likeness (QED) is 0.490. The normalized spacial score (nSPS) is 7.62. The highest BCUT2D eigenvalue weighted by Crippen LogP contribution is 1.90. The fraction of sp³-hybridized carbons (Fsp3) is 0.455. The zero-order chi connectivity index (χ0) is 9.94. The Balaban J connectivity index is 3.90. The average Bonchev–Trinajstić information content (AvgIpc) is 2.17. The summed E-state index contributed by atoms with van der Waals surface area (Å²) < 4.78 is 0. The fourth-order valence-corrected chi connectivity index (χ4v) is 0.770. The van der Waals surface area contributed by atoms with Crippen LogP contribution in [0.4, 0.5) is 0 Å². The number of nitrogens with zero attached hydrogens (tertiary/aromatic N) is 1. The molecule has 0 aliphatic heterocycles. The Hall–Kier alpha value is -1.56. The molecular formula is C11H13NO. The minimum atomic E-state index is -0.136. The second-order valence-electron chi connectivity index (χ2n) is 2.34. The van der Waals surface area contributed by atoms with Crippen LogP contribution in [0.3, 0.4) is 0 Å². The predicted octanol–water partition coefficient (Wildman–Crippen LogP) is 0.288. The molecule has 0 bridgehead atoms. The van der Waals surface area contributed by atoms with Gasteiger partial charge in [0.1, 0.15) is 6.61 Å². The molecule has 2 nitrogen and oxygen atoms in total. The van der Waals surface area contributed by atoms with Crippen molar-refractivity contribution in [2.45, 2.75) is 12.8 Å². The Morgan fingerprint density at radius 3 is 2.00 bits per heavy atom. The summed E-state index contributed by atoms with van der Waals surface area (Å²) in [6.45, 7) is 1.26. The third-order valence-corrected chi connectivity index (χ3v) is 1.37. The lowest BCUT2D eigenvalue weighted by Crippen LogP contribution is -2.20. The summed E-state index contributed by atoms with van der Waals surface area (Å²) in [7, 11) is 0. The Bertz CT molecular complexity index is 241. The van der Waals surface area contributed by atoms with E-state index in [2.05, 4.69) is 23.8 Å². The minimum absolute atomic E-state index is 0.136. The van der Waals surface area contributed by atoms with Crippen molar-refractivity contribution in [3.8, 4) is 36.7 Å². The lowest BCUT2D eigenvalue weighted by Gasteiger charge is -2.13. The Kier molecular flexibility index (Phi) is 7.51. The molecule has 0 saturated heterocycles. The van der Waals surface area contributed by atoms with Gasteiger partial charge in [-0.3, -0.25) is 0 Å². The summed E-state index contributed by atoms with van der Waals surface area (Å²) in [5, 5.41) is 8.49. The van der Waals surface area contributed by atoms with Crippen molar-refractivity contribution in [2.24, 2.45) is 0 Å². The van der Waals surface area contributed by atoms with Crippen molar-refractivity contribution >= 4 is 0 Å². The largest absolute Gasteiger partial charge is 0.384 e. The first kappa shape index (κ1) is 11.4. The first-order chi connectivity index (χ1) is 6.35. The van der Waals surface area contributed by atoms with Gasteiger partial charge in [0, 0.05) is 32.0 Å². The van der Waals surface area contributed by atoms with Crippen molar-refractivity contribution < 1.29 is 5.11 Å². The van der Waals surface area contributed by atoms with Crippen molar-refractivity contribution in [2.75, 3.05) is 19.7 Å². The Morgan fingerprint density at radius 1 is 1.08 bits per heavy atom. The molecule has 0 spiro atoms. The third kappa shape index (κ3) is 6.82. The maximum Gasteiger partial charge on any atom is 0.106 e. The number of aliphatic hydroxyl groups excluding tert-OH is 1. The van der Waals surface area contributed by atoms with E-state index in [9.17, 15) is 0 Å². The van der Waals surface area contributed by atoms with Crippen LogP contribution in [-0.2, 0) is 0 Å². The molecular weight excluding hydrogens is 162 g/mol. The summed E-state index contributed by atoms with van der Waals surface area (Å²) in [5.41, 5.74) is 0. The molecule has 0 fully saturated rings. The molecule has 0 saturated carbocycles. The number of hydrogen-bond acceptors (Lipinski definition) is 2. The van der Waals surface area contributed by atoms with Gasteiger partial charge in [0.2, 0.25) is 0 Å². The fourth-order valence-electron chi connectivity index (χ4n) is 0.770. The van der Waals surface area contributed by atoms with E-state index in [1.807, 2.05) is 4.90 Å². The van der Waals surface area contributed by atoms with Crippen LogP contribution < -0.4 is 0 Å². The van der Waals surface area contributed by atoms with Gasteiger partial charge in [0.15, 0.2) is 0 Å². The molecule has 0 atom stereocenters. The molecule has 0 aliphatic carbocycles. The van der Waals surface area contributed by atoms with Crippen LogP contribution in [0, 0.1) is 36.7 Å². The topological polar surface area (TPSA) is 23.5 Å². The van der Waals surface area contributed by atoms with Crippen LogP contribution in [0.2, 0.25) is 0 Å². The number of aliphatic hydroxyl groups is 1. The zero-order valence-corrected chi connectivity index (χ0v) is 7.58. The van der Waals surface area contributed by atoms with E-state index in [0.29, 0.717) is 25.9 Å². The Morgan fingerprint density at radius 2 is 1.62 bits per heavy atom. The standard InChI is InChI=1S/C11H13NO/c1-3-5-8-12(9-6-4-2)10-7-11-13/h1-2,13H,5-6,8-9,11H2. The van der Waals surface area contributed by atoms with Gasteiger partial charge < -0.3 is 10.0 Å². The predicted molar refractivity (Wildman–Crippen MR) is 53.3 cm³/mol. The van der Waals surface area contributed by atoms with Gasteiger partial charge in [0.05, 0.1) is 0 Å². The highest BCUT2D eigenvalue weighted by molar-refractivity contribution is 5.00. The van der Waals surface area contributed by atoms with Crippen molar-refractivity contribution in [3.63, 3.8) is 0 Å². The maximum atomic E-state index is 8.49. The molecule has 0 amide bonds. The lowest BCUT2D eigenvalue weighted by molar-refractivity contribution is 0.348. The van der Waals surface area contributed by atoms with Crippen LogP contribution >= 0.6 is 0 Å². The van der Waals surface area contributed by atoms with Crippen molar-refractivity contribution in [3.05, 3.63) is 0 Å². The summed E-state index contributed by atoms with van der Waals surface area (Å²) in [6, 6.07) is 2.78. The minimum Gasteiger partial charge on any atom is -0.384 e. The van der Waals surface area contributed by atoms with E-state index >= 15 is 0 Å². The summed E-state index contributed by atoms with van der Waals surface area (Å²) in [6.07, 6.45) is 11.5. The smallest absolute Gasteiger partial charge is 0.106 e. The van der Waals surface area contributed by atoms with Gasteiger partial charge in [-0.1, -0.05) is 5.92 Å². The lowest BCUT2D eigenvalue weighted by atomic mass is 10.3. The van der Waals surface area contributed by atoms with Gasteiger partial charge in [-0.2, -0.15) is 0 Å².